The molecule has 5 aromatic rings. The molecule has 0 bridgehead atoms. The Hall–Kier alpha value is -3.60. The first-order valence-corrected chi connectivity index (χ1v) is 13.9. The lowest BCUT2D eigenvalue weighted by atomic mass is 9.82. The molecule has 40 heavy (non-hydrogen) atoms. The molecule has 0 fully saturated rings. The minimum Gasteiger partial charge on any atom is -0.456 e. The van der Waals surface area contributed by atoms with Crippen molar-refractivity contribution in [2.75, 3.05) is 0 Å². The Kier molecular flexibility index (Phi) is 5.96. The molecular formula is C35H34F3NO. The van der Waals surface area contributed by atoms with Crippen LogP contribution >= 0.6 is 0 Å². The van der Waals surface area contributed by atoms with E-state index >= 15 is 0 Å². The summed E-state index contributed by atoms with van der Waals surface area (Å²) in [6, 6.07) is 18.3. The summed E-state index contributed by atoms with van der Waals surface area (Å²) in [6.45, 7) is 11.3. The molecule has 0 atom stereocenters. The second-order valence-electron chi connectivity index (χ2n) is 13.0. The number of nitrogens with zero attached hydrogens (tertiary/aromatic N) is 1. The summed E-state index contributed by atoms with van der Waals surface area (Å²) in [5.74, 6) is 1.45. The number of fused-ring (bicyclic) bond motifs is 5. The van der Waals surface area contributed by atoms with Crippen molar-refractivity contribution in [1.82, 2.24) is 4.98 Å². The van der Waals surface area contributed by atoms with Crippen LogP contribution in [0, 0.1) is 10.8 Å². The average Bonchev–Trinajstić information content (AvgIpc) is 2.88. The van der Waals surface area contributed by atoms with Gasteiger partial charge in [0.2, 0.25) is 0 Å². The Morgan fingerprint density at radius 1 is 0.800 bits per heavy atom. The fourth-order valence-electron chi connectivity index (χ4n) is 6.01. The molecule has 0 unspecified atom stereocenters. The third-order valence-corrected chi connectivity index (χ3v) is 8.20. The standard InChI is InChI=1S/C35H34F3NO/c1-7-20-11-12-23-22(15-20)16-27-31-30-25(13-14-39-31)24-10-8-9-21(18-34(5,6)35(36,37)38)26(24)17-29(30)40-32(27)28(23)19-33(2,3)4/h8-17H,7,18-19H2,1-6H3. The zero-order chi connectivity index (χ0) is 28.6. The molecule has 2 heterocycles. The van der Waals surface area contributed by atoms with E-state index in [1.807, 2.05) is 24.3 Å². The van der Waals surface area contributed by atoms with Crippen LogP contribution in [0.2, 0.25) is 0 Å². The van der Waals surface area contributed by atoms with E-state index in [1.54, 1.807) is 12.3 Å². The molecule has 0 aliphatic carbocycles. The van der Waals surface area contributed by atoms with Gasteiger partial charge in [0, 0.05) is 17.3 Å². The summed E-state index contributed by atoms with van der Waals surface area (Å²) >= 11 is 0. The van der Waals surface area contributed by atoms with Gasteiger partial charge >= 0.3 is 6.18 Å². The Labute approximate surface area is 233 Å². The predicted octanol–water partition coefficient (Wildman–Crippen LogP) is 10.6. The van der Waals surface area contributed by atoms with Gasteiger partial charge in [0.1, 0.15) is 11.5 Å². The number of hydrogen-bond acceptors (Lipinski definition) is 2. The molecule has 6 rings (SSSR count). The number of hydrogen-bond donors (Lipinski definition) is 0. The van der Waals surface area contributed by atoms with Gasteiger partial charge in [-0.15, -0.1) is 0 Å². The first-order chi connectivity index (χ1) is 18.8. The summed E-state index contributed by atoms with van der Waals surface area (Å²) in [6.07, 6.45) is -0.866. The lowest BCUT2D eigenvalue weighted by Gasteiger charge is -2.29. The molecule has 0 saturated heterocycles. The molecule has 1 aliphatic heterocycles. The van der Waals surface area contributed by atoms with E-state index in [1.165, 1.54) is 24.8 Å². The molecule has 4 aromatic carbocycles. The number of rotatable bonds is 4. The summed E-state index contributed by atoms with van der Waals surface area (Å²) in [5.41, 5.74) is 3.04. The van der Waals surface area contributed by atoms with Crippen LogP contribution in [0.15, 0.2) is 60.8 Å². The van der Waals surface area contributed by atoms with Gasteiger partial charge in [-0.25, -0.2) is 0 Å². The van der Waals surface area contributed by atoms with Crippen LogP contribution in [0.4, 0.5) is 13.2 Å². The van der Waals surface area contributed by atoms with Crippen LogP contribution in [0.25, 0.3) is 43.6 Å². The van der Waals surface area contributed by atoms with Gasteiger partial charge in [0.15, 0.2) is 0 Å². The highest BCUT2D eigenvalue weighted by atomic mass is 19.4. The minimum atomic E-state index is -4.31. The Morgan fingerprint density at radius 2 is 1.57 bits per heavy atom. The van der Waals surface area contributed by atoms with Crippen LogP contribution in [0.3, 0.4) is 0 Å². The predicted molar refractivity (Wildman–Crippen MR) is 158 cm³/mol. The summed E-state index contributed by atoms with van der Waals surface area (Å²) in [4.78, 5) is 4.86. The SMILES string of the molecule is CCc1ccc2c(CC(C)(C)C)c3c(cc2c1)-c1nccc2c1c(cc1c(CC(C)(C)C(F)(F)F)cccc12)O3. The van der Waals surface area contributed by atoms with Crippen molar-refractivity contribution in [3.8, 4) is 22.8 Å². The van der Waals surface area contributed by atoms with Crippen LogP contribution in [0.1, 0.15) is 58.2 Å². The fraction of sp³-hybridized carbons (Fsp3) is 0.343. The maximum Gasteiger partial charge on any atom is 0.394 e. The topological polar surface area (TPSA) is 22.1 Å². The van der Waals surface area contributed by atoms with Gasteiger partial charge in [0.05, 0.1) is 16.5 Å². The van der Waals surface area contributed by atoms with Gasteiger partial charge in [-0.05, 0) is 80.9 Å². The smallest absolute Gasteiger partial charge is 0.394 e. The largest absolute Gasteiger partial charge is 0.456 e. The lowest BCUT2D eigenvalue weighted by Crippen LogP contribution is -2.34. The Morgan fingerprint density at radius 3 is 2.27 bits per heavy atom. The monoisotopic (exact) mass is 541 g/mol. The number of aromatic nitrogens is 1. The van der Waals surface area contributed by atoms with Crippen LogP contribution in [-0.4, -0.2) is 11.2 Å². The molecule has 0 amide bonds. The van der Waals surface area contributed by atoms with Crippen molar-refractivity contribution in [2.24, 2.45) is 10.8 Å². The summed E-state index contributed by atoms with van der Waals surface area (Å²) in [5, 5.41) is 5.87. The summed E-state index contributed by atoms with van der Waals surface area (Å²) < 4.78 is 48.4. The number of alkyl halides is 3. The van der Waals surface area contributed by atoms with Crippen molar-refractivity contribution >= 4 is 32.3 Å². The van der Waals surface area contributed by atoms with E-state index in [4.69, 9.17) is 9.72 Å². The molecule has 1 aromatic heterocycles. The number of aryl methyl sites for hydroxylation is 1. The highest BCUT2D eigenvalue weighted by molar-refractivity contribution is 6.17. The normalized spacial score (nSPS) is 13.6. The van der Waals surface area contributed by atoms with Gasteiger partial charge in [-0.1, -0.05) is 77.9 Å². The quantitative estimate of drug-likeness (QED) is 0.207. The zero-order valence-electron chi connectivity index (χ0n) is 23.9. The van der Waals surface area contributed by atoms with Crippen LogP contribution < -0.4 is 4.74 Å². The molecule has 206 valence electrons. The molecule has 0 radical (unpaired) electrons. The van der Waals surface area contributed by atoms with Crippen molar-refractivity contribution in [2.45, 2.75) is 67.0 Å². The van der Waals surface area contributed by atoms with Gasteiger partial charge < -0.3 is 4.74 Å². The van der Waals surface area contributed by atoms with E-state index in [2.05, 4.69) is 52.0 Å². The van der Waals surface area contributed by atoms with E-state index in [9.17, 15) is 13.2 Å². The molecule has 5 heteroatoms. The molecule has 0 spiro atoms. The van der Waals surface area contributed by atoms with Gasteiger partial charge in [-0.2, -0.15) is 13.2 Å². The fourth-order valence-corrected chi connectivity index (χ4v) is 6.01. The number of halogens is 3. The number of benzene rings is 4. The minimum absolute atomic E-state index is 0.00822. The van der Waals surface area contributed by atoms with Crippen molar-refractivity contribution in [3.63, 3.8) is 0 Å². The lowest BCUT2D eigenvalue weighted by molar-refractivity contribution is -0.210. The first kappa shape index (κ1) is 26.6. The molecule has 1 aliphatic rings. The summed E-state index contributed by atoms with van der Waals surface area (Å²) in [7, 11) is 0. The van der Waals surface area contributed by atoms with Gasteiger partial charge in [0.25, 0.3) is 0 Å². The van der Waals surface area contributed by atoms with E-state index < -0.39 is 11.6 Å². The Bertz CT molecular complexity index is 1810. The van der Waals surface area contributed by atoms with Crippen molar-refractivity contribution in [3.05, 3.63) is 77.5 Å². The van der Waals surface area contributed by atoms with Crippen molar-refractivity contribution in [1.29, 1.82) is 0 Å². The van der Waals surface area contributed by atoms with Crippen molar-refractivity contribution < 1.29 is 17.9 Å². The van der Waals surface area contributed by atoms with Gasteiger partial charge in [-0.3, -0.25) is 4.98 Å². The van der Waals surface area contributed by atoms with Crippen LogP contribution in [-0.2, 0) is 19.3 Å². The Balaban J connectivity index is 1.65. The molecule has 0 saturated carbocycles. The third-order valence-electron chi connectivity index (χ3n) is 8.20. The maximum absolute atomic E-state index is 13.9. The highest BCUT2D eigenvalue weighted by Crippen LogP contribution is 2.52. The van der Waals surface area contributed by atoms with E-state index in [0.717, 1.165) is 62.3 Å². The molecule has 0 N–H and O–H groups in total. The van der Waals surface area contributed by atoms with Crippen LogP contribution in [0.5, 0.6) is 11.5 Å². The first-order valence-electron chi connectivity index (χ1n) is 13.9. The van der Waals surface area contributed by atoms with E-state index in [0.29, 0.717) is 11.3 Å². The second-order valence-corrected chi connectivity index (χ2v) is 13.0. The number of pyridine rings is 1. The average molecular weight is 542 g/mol. The zero-order valence-corrected chi connectivity index (χ0v) is 23.9. The van der Waals surface area contributed by atoms with E-state index in [-0.39, 0.29) is 11.8 Å². The molecular weight excluding hydrogens is 507 g/mol. The highest BCUT2D eigenvalue weighted by Gasteiger charge is 2.47. The second kappa shape index (κ2) is 8.95. The third kappa shape index (κ3) is 4.31. The molecule has 2 nitrogen and oxygen atoms in total. The number of ether oxygens (including phenoxy) is 1. The maximum atomic E-state index is 13.9.